The van der Waals surface area contributed by atoms with Crippen LogP contribution in [0.3, 0.4) is 0 Å². The average molecular weight is 329 g/mol. The number of anilines is 1. The zero-order valence-electron chi connectivity index (χ0n) is 7.61. The Kier molecular flexibility index (Phi) is 3.02. The van der Waals surface area contributed by atoms with Gasteiger partial charge in [-0.05, 0) is 44.0 Å². The standard InChI is InChI=1S/C10H7Br2N3/c11-7-5-15-10(8(12)9(7)13)6-2-1-3-14-4-6/h1-5H,(H2,13,15). The number of pyridine rings is 2. The van der Waals surface area contributed by atoms with Gasteiger partial charge in [0.2, 0.25) is 0 Å². The molecule has 3 nitrogen and oxygen atoms in total. The number of nitrogen functional groups attached to an aromatic ring is 1. The van der Waals surface area contributed by atoms with Gasteiger partial charge < -0.3 is 5.73 Å². The van der Waals surface area contributed by atoms with E-state index in [1.807, 2.05) is 12.1 Å². The lowest BCUT2D eigenvalue weighted by atomic mass is 10.2. The summed E-state index contributed by atoms with van der Waals surface area (Å²) in [5.74, 6) is 0. The molecule has 0 radical (unpaired) electrons. The fourth-order valence-corrected chi connectivity index (χ4v) is 2.30. The van der Waals surface area contributed by atoms with Crippen LogP contribution in [-0.2, 0) is 0 Å². The minimum absolute atomic E-state index is 0.642. The van der Waals surface area contributed by atoms with Crippen molar-refractivity contribution in [2.45, 2.75) is 0 Å². The van der Waals surface area contributed by atoms with Crippen LogP contribution in [0, 0.1) is 0 Å². The largest absolute Gasteiger partial charge is 0.397 e. The molecule has 0 saturated heterocycles. The zero-order valence-corrected chi connectivity index (χ0v) is 10.8. The highest BCUT2D eigenvalue weighted by Crippen LogP contribution is 2.34. The van der Waals surface area contributed by atoms with E-state index < -0.39 is 0 Å². The number of halogens is 2. The molecule has 0 saturated carbocycles. The lowest BCUT2D eigenvalue weighted by molar-refractivity contribution is 1.26. The Morgan fingerprint density at radius 3 is 2.67 bits per heavy atom. The average Bonchev–Trinajstić information content (AvgIpc) is 2.27. The molecule has 0 atom stereocenters. The molecule has 15 heavy (non-hydrogen) atoms. The number of hydrogen-bond donors (Lipinski definition) is 1. The highest BCUT2D eigenvalue weighted by molar-refractivity contribution is 9.11. The van der Waals surface area contributed by atoms with Gasteiger partial charge in [0.15, 0.2) is 0 Å². The number of nitrogens with zero attached hydrogens (tertiary/aromatic N) is 2. The van der Waals surface area contributed by atoms with Crippen molar-refractivity contribution in [1.29, 1.82) is 0 Å². The second-order valence-corrected chi connectivity index (χ2v) is 4.57. The molecule has 5 heteroatoms. The van der Waals surface area contributed by atoms with Crippen LogP contribution in [0.25, 0.3) is 11.3 Å². The Labute approximate surface area is 104 Å². The molecular formula is C10H7Br2N3. The molecule has 0 unspecified atom stereocenters. The summed E-state index contributed by atoms with van der Waals surface area (Å²) in [6.45, 7) is 0. The Balaban J connectivity index is 2.60. The van der Waals surface area contributed by atoms with Gasteiger partial charge in [-0.2, -0.15) is 0 Å². The molecule has 0 aliphatic heterocycles. The Morgan fingerprint density at radius 2 is 2.00 bits per heavy atom. The Bertz CT molecular complexity index is 486. The summed E-state index contributed by atoms with van der Waals surface area (Å²) in [5, 5.41) is 0. The molecule has 2 rings (SSSR count). The molecule has 0 aliphatic carbocycles. The monoisotopic (exact) mass is 327 g/mol. The first-order valence-electron chi connectivity index (χ1n) is 4.20. The van der Waals surface area contributed by atoms with Crippen molar-refractivity contribution < 1.29 is 0 Å². The van der Waals surface area contributed by atoms with Crippen molar-refractivity contribution in [3.63, 3.8) is 0 Å². The fourth-order valence-electron chi connectivity index (χ4n) is 1.18. The van der Waals surface area contributed by atoms with Crippen molar-refractivity contribution in [1.82, 2.24) is 9.97 Å². The van der Waals surface area contributed by atoms with Gasteiger partial charge in [-0.1, -0.05) is 0 Å². The van der Waals surface area contributed by atoms with Gasteiger partial charge in [-0.25, -0.2) is 0 Å². The maximum Gasteiger partial charge on any atom is 0.0881 e. The van der Waals surface area contributed by atoms with E-state index in [0.717, 1.165) is 20.2 Å². The molecule has 0 bridgehead atoms. The van der Waals surface area contributed by atoms with E-state index in [-0.39, 0.29) is 0 Å². The third-order valence-electron chi connectivity index (χ3n) is 1.94. The van der Waals surface area contributed by atoms with Crippen LogP contribution in [0.4, 0.5) is 5.69 Å². The maximum atomic E-state index is 5.87. The minimum atomic E-state index is 0.642. The van der Waals surface area contributed by atoms with Crippen LogP contribution in [-0.4, -0.2) is 9.97 Å². The van der Waals surface area contributed by atoms with E-state index in [2.05, 4.69) is 41.8 Å². The first-order valence-corrected chi connectivity index (χ1v) is 5.78. The van der Waals surface area contributed by atoms with E-state index in [0.29, 0.717) is 5.69 Å². The minimum Gasteiger partial charge on any atom is -0.397 e. The first kappa shape index (κ1) is 10.6. The van der Waals surface area contributed by atoms with Crippen LogP contribution >= 0.6 is 31.9 Å². The van der Waals surface area contributed by atoms with Crippen molar-refractivity contribution in [2.75, 3.05) is 5.73 Å². The summed E-state index contributed by atoms with van der Waals surface area (Å²) < 4.78 is 1.56. The smallest absolute Gasteiger partial charge is 0.0881 e. The molecule has 0 amide bonds. The second kappa shape index (κ2) is 4.28. The first-order chi connectivity index (χ1) is 7.20. The topological polar surface area (TPSA) is 51.8 Å². The predicted octanol–water partition coefficient (Wildman–Crippen LogP) is 3.25. The summed E-state index contributed by atoms with van der Waals surface area (Å²) >= 11 is 6.74. The normalized spacial score (nSPS) is 10.3. The SMILES string of the molecule is Nc1c(Br)cnc(-c2cccnc2)c1Br. The predicted molar refractivity (Wildman–Crippen MR) is 67.3 cm³/mol. The Hall–Kier alpha value is -0.940. The molecule has 0 fully saturated rings. The van der Waals surface area contributed by atoms with E-state index in [1.54, 1.807) is 18.6 Å². The third-order valence-corrected chi connectivity index (χ3v) is 3.38. The van der Waals surface area contributed by atoms with Gasteiger partial charge in [0, 0.05) is 24.2 Å². The van der Waals surface area contributed by atoms with Crippen molar-refractivity contribution in [3.8, 4) is 11.3 Å². The molecule has 2 N–H and O–H groups in total. The van der Waals surface area contributed by atoms with Gasteiger partial charge in [-0.15, -0.1) is 0 Å². The molecule has 2 aromatic heterocycles. The van der Waals surface area contributed by atoms with E-state index in [4.69, 9.17) is 5.73 Å². The summed E-state index contributed by atoms with van der Waals surface area (Å²) in [6.07, 6.45) is 5.16. The van der Waals surface area contributed by atoms with Crippen LogP contribution < -0.4 is 5.73 Å². The number of hydrogen-bond acceptors (Lipinski definition) is 3. The maximum absolute atomic E-state index is 5.87. The van der Waals surface area contributed by atoms with E-state index in [1.165, 1.54) is 0 Å². The highest BCUT2D eigenvalue weighted by atomic mass is 79.9. The summed E-state index contributed by atoms with van der Waals surface area (Å²) in [4.78, 5) is 8.34. The molecule has 76 valence electrons. The quantitative estimate of drug-likeness (QED) is 0.874. The molecular weight excluding hydrogens is 322 g/mol. The van der Waals surface area contributed by atoms with Crippen molar-refractivity contribution in [3.05, 3.63) is 39.7 Å². The molecule has 0 spiro atoms. The lowest BCUT2D eigenvalue weighted by Gasteiger charge is -2.06. The van der Waals surface area contributed by atoms with Crippen LogP contribution in [0.1, 0.15) is 0 Å². The van der Waals surface area contributed by atoms with Gasteiger partial charge in [-0.3, -0.25) is 9.97 Å². The number of nitrogens with two attached hydrogens (primary N) is 1. The zero-order chi connectivity index (χ0) is 10.8. The van der Waals surface area contributed by atoms with Crippen LogP contribution in [0.2, 0.25) is 0 Å². The Morgan fingerprint density at radius 1 is 1.20 bits per heavy atom. The summed E-state index contributed by atoms with van der Waals surface area (Å²) in [6, 6.07) is 3.80. The van der Waals surface area contributed by atoms with Gasteiger partial charge in [0.05, 0.1) is 20.3 Å². The van der Waals surface area contributed by atoms with E-state index >= 15 is 0 Å². The van der Waals surface area contributed by atoms with Gasteiger partial charge in [0.1, 0.15) is 0 Å². The van der Waals surface area contributed by atoms with Gasteiger partial charge >= 0.3 is 0 Å². The third kappa shape index (κ3) is 2.03. The van der Waals surface area contributed by atoms with E-state index in [9.17, 15) is 0 Å². The van der Waals surface area contributed by atoms with Gasteiger partial charge in [0.25, 0.3) is 0 Å². The van der Waals surface area contributed by atoms with Crippen molar-refractivity contribution in [2.24, 2.45) is 0 Å². The number of rotatable bonds is 1. The molecule has 0 aromatic carbocycles. The lowest BCUT2D eigenvalue weighted by Crippen LogP contribution is -1.94. The molecule has 2 aromatic rings. The summed E-state index contributed by atoms with van der Waals surface area (Å²) in [5.41, 5.74) is 8.24. The summed E-state index contributed by atoms with van der Waals surface area (Å²) in [7, 11) is 0. The number of aromatic nitrogens is 2. The second-order valence-electron chi connectivity index (χ2n) is 2.92. The van der Waals surface area contributed by atoms with Crippen LogP contribution in [0.5, 0.6) is 0 Å². The van der Waals surface area contributed by atoms with Crippen molar-refractivity contribution >= 4 is 37.5 Å². The fraction of sp³-hybridized carbons (Fsp3) is 0. The molecule has 0 aliphatic rings. The molecule has 2 heterocycles. The van der Waals surface area contributed by atoms with Crippen LogP contribution in [0.15, 0.2) is 39.7 Å². The highest BCUT2D eigenvalue weighted by Gasteiger charge is 2.10.